The molecule has 2 heterocycles. The van der Waals surface area contributed by atoms with Gasteiger partial charge in [0.2, 0.25) is 5.78 Å². The predicted molar refractivity (Wildman–Crippen MR) is 66.7 cm³/mol. The van der Waals surface area contributed by atoms with Gasteiger partial charge in [0.15, 0.2) is 5.76 Å². The van der Waals surface area contributed by atoms with E-state index in [2.05, 4.69) is 9.97 Å². The molecule has 5 heteroatoms. The van der Waals surface area contributed by atoms with Crippen LogP contribution in [-0.2, 0) is 0 Å². The van der Waals surface area contributed by atoms with Gasteiger partial charge in [0.05, 0.1) is 17.5 Å². The van der Waals surface area contributed by atoms with Crippen molar-refractivity contribution in [2.75, 3.05) is 14.1 Å². The Balaban J connectivity index is 2.42. The maximum Gasteiger partial charge on any atom is 0.231 e. The van der Waals surface area contributed by atoms with Crippen molar-refractivity contribution in [3.8, 4) is 0 Å². The molecule has 92 valence electrons. The molecule has 2 rings (SSSR count). The lowest BCUT2D eigenvalue weighted by Gasteiger charge is -2.09. The predicted octanol–water partition coefficient (Wildman–Crippen LogP) is 1.85. The number of allylic oxidation sites excluding steroid dienone is 1. The summed E-state index contributed by atoms with van der Waals surface area (Å²) in [6, 6.07) is 5.00. The standard InChI is InChI=1S/C13H13N3O2/c1-16(2)8-10(11-5-6-14-9-15-11)13(17)12-4-3-7-18-12/h3-9H,1-2H3/b10-8+. The van der Waals surface area contributed by atoms with Crippen LogP contribution in [0.1, 0.15) is 16.2 Å². The molecule has 2 aromatic rings. The van der Waals surface area contributed by atoms with E-state index in [-0.39, 0.29) is 5.78 Å². The molecule has 18 heavy (non-hydrogen) atoms. The number of rotatable bonds is 4. The molecular weight excluding hydrogens is 230 g/mol. The third-order valence-corrected chi connectivity index (χ3v) is 2.23. The van der Waals surface area contributed by atoms with Gasteiger partial charge in [0.25, 0.3) is 0 Å². The zero-order valence-electron chi connectivity index (χ0n) is 10.2. The minimum Gasteiger partial charge on any atom is -0.461 e. The summed E-state index contributed by atoms with van der Waals surface area (Å²) >= 11 is 0. The van der Waals surface area contributed by atoms with Crippen molar-refractivity contribution in [1.82, 2.24) is 14.9 Å². The molecule has 5 nitrogen and oxygen atoms in total. The van der Waals surface area contributed by atoms with Gasteiger partial charge in [-0.05, 0) is 18.2 Å². The van der Waals surface area contributed by atoms with Crippen LogP contribution in [0.2, 0.25) is 0 Å². The summed E-state index contributed by atoms with van der Waals surface area (Å²) in [5, 5.41) is 0. The summed E-state index contributed by atoms with van der Waals surface area (Å²) in [6.07, 6.45) is 6.20. The van der Waals surface area contributed by atoms with E-state index >= 15 is 0 Å². The number of nitrogens with zero attached hydrogens (tertiary/aromatic N) is 3. The molecule has 0 saturated carbocycles. The van der Waals surface area contributed by atoms with Gasteiger partial charge < -0.3 is 9.32 Å². The molecule has 0 radical (unpaired) electrons. The lowest BCUT2D eigenvalue weighted by molar-refractivity contribution is 0.103. The quantitative estimate of drug-likeness (QED) is 0.606. The molecule has 0 aliphatic heterocycles. The van der Waals surface area contributed by atoms with Crippen LogP contribution in [0.15, 0.2) is 47.6 Å². The number of carbonyl (C=O) groups is 1. The van der Waals surface area contributed by atoms with Crippen LogP contribution in [0.3, 0.4) is 0 Å². The summed E-state index contributed by atoms with van der Waals surface area (Å²) in [7, 11) is 3.69. The van der Waals surface area contributed by atoms with Crippen LogP contribution in [0, 0.1) is 0 Å². The van der Waals surface area contributed by atoms with Gasteiger partial charge in [0, 0.05) is 26.5 Å². The first-order valence-corrected chi connectivity index (χ1v) is 5.41. The number of ketones is 1. The molecule has 0 saturated heterocycles. The zero-order valence-corrected chi connectivity index (χ0v) is 10.2. The van der Waals surface area contributed by atoms with Crippen LogP contribution in [0.4, 0.5) is 0 Å². The lowest BCUT2D eigenvalue weighted by atomic mass is 10.1. The highest BCUT2D eigenvalue weighted by atomic mass is 16.3. The topological polar surface area (TPSA) is 59.2 Å². The molecule has 0 amide bonds. The number of Topliss-reactive ketones (excluding diaryl/α,β-unsaturated/α-hetero) is 1. The molecule has 0 unspecified atom stereocenters. The minimum absolute atomic E-state index is 0.201. The van der Waals surface area contributed by atoms with Crippen molar-refractivity contribution >= 4 is 11.4 Å². The number of furan rings is 1. The molecule has 0 fully saturated rings. The number of carbonyl (C=O) groups excluding carboxylic acids is 1. The fourth-order valence-electron chi connectivity index (χ4n) is 1.49. The fourth-order valence-corrected chi connectivity index (χ4v) is 1.49. The second kappa shape index (κ2) is 5.27. The van der Waals surface area contributed by atoms with Crippen molar-refractivity contribution in [3.05, 3.63) is 54.6 Å². The highest BCUT2D eigenvalue weighted by Crippen LogP contribution is 2.18. The number of hydrogen-bond donors (Lipinski definition) is 0. The van der Waals surface area contributed by atoms with Crippen LogP contribution in [0.5, 0.6) is 0 Å². The summed E-state index contributed by atoms with van der Waals surface area (Å²) < 4.78 is 5.13. The fraction of sp³-hybridized carbons (Fsp3) is 0.154. The maximum atomic E-state index is 12.3. The highest BCUT2D eigenvalue weighted by molar-refractivity contribution is 6.27. The first kappa shape index (κ1) is 12.0. The van der Waals surface area contributed by atoms with Crippen LogP contribution >= 0.6 is 0 Å². The lowest BCUT2D eigenvalue weighted by Crippen LogP contribution is -2.09. The van der Waals surface area contributed by atoms with Gasteiger partial charge in [-0.3, -0.25) is 4.79 Å². The number of aromatic nitrogens is 2. The van der Waals surface area contributed by atoms with Gasteiger partial charge >= 0.3 is 0 Å². The normalized spacial score (nSPS) is 11.3. The molecule has 0 spiro atoms. The zero-order chi connectivity index (χ0) is 13.0. The number of hydrogen-bond acceptors (Lipinski definition) is 5. The average molecular weight is 243 g/mol. The Labute approximate surface area is 105 Å². The van der Waals surface area contributed by atoms with E-state index < -0.39 is 0 Å². The Morgan fingerprint density at radius 1 is 1.39 bits per heavy atom. The molecule has 0 N–H and O–H groups in total. The summed E-state index contributed by atoms with van der Waals surface area (Å²) in [5.41, 5.74) is 1.04. The van der Waals surface area contributed by atoms with Gasteiger partial charge in [-0.25, -0.2) is 9.97 Å². The van der Waals surface area contributed by atoms with Crippen LogP contribution in [-0.4, -0.2) is 34.7 Å². The Hall–Kier alpha value is -2.43. The summed E-state index contributed by atoms with van der Waals surface area (Å²) in [4.78, 5) is 22.0. The minimum atomic E-state index is -0.201. The second-order valence-electron chi connectivity index (χ2n) is 3.91. The first-order chi connectivity index (χ1) is 8.68. The molecule has 0 atom stereocenters. The van der Waals surface area contributed by atoms with E-state index in [4.69, 9.17) is 4.42 Å². The average Bonchev–Trinajstić information content (AvgIpc) is 2.90. The molecule has 2 aromatic heterocycles. The summed E-state index contributed by atoms with van der Waals surface area (Å²) in [6.45, 7) is 0. The van der Waals surface area contributed by atoms with Crippen molar-refractivity contribution < 1.29 is 9.21 Å². The van der Waals surface area contributed by atoms with Crippen molar-refractivity contribution in [3.63, 3.8) is 0 Å². The third kappa shape index (κ3) is 2.63. The van der Waals surface area contributed by atoms with E-state index in [1.165, 1.54) is 12.6 Å². The Kier molecular flexibility index (Phi) is 3.52. The molecule has 0 bridgehead atoms. The second-order valence-corrected chi connectivity index (χ2v) is 3.91. The van der Waals surface area contributed by atoms with Crippen molar-refractivity contribution in [1.29, 1.82) is 0 Å². The van der Waals surface area contributed by atoms with Crippen LogP contribution < -0.4 is 0 Å². The Bertz CT molecular complexity index is 545. The first-order valence-electron chi connectivity index (χ1n) is 5.41. The van der Waals surface area contributed by atoms with E-state index in [0.717, 1.165) is 0 Å². The smallest absolute Gasteiger partial charge is 0.231 e. The van der Waals surface area contributed by atoms with Gasteiger partial charge in [-0.2, -0.15) is 0 Å². The third-order valence-electron chi connectivity index (χ3n) is 2.23. The van der Waals surface area contributed by atoms with Gasteiger partial charge in [-0.15, -0.1) is 0 Å². The Morgan fingerprint density at radius 2 is 2.22 bits per heavy atom. The van der Waals surface area contributed by atoms with Crippen molar-refractivity contribution in [2.24, 2.45) is 0 Å². The van der Waals surface area contributed by atoms with E-state index in [1.54, 1.807) is 35.5 Å². The largest absolute Gasteiger partial charge is 0.461 e. The maximum absolute atomic E-state index is 12.3. The van der Waals surface area contributed by atoms with Gasteiger partial charge in [-0.1, -0.05) is 0 Å². The monoisotopic (exact) mass is 243 g/mol. The highest BCUT2D eigenvalue weighted by Gasteiger charge is 2.18. The molecule has 0 aliphatic rings. The van der Waals surface area contributed by atoms with E-state index in [1.807, 2.05) is 14.1 Å². The van der Waals surface area contributed by atoms with Crippen molar-refractivity contribution in [2.45, 2.75) is 0 Å². The van der Waals surface area contributed by atoms with E-state index in [0.29, 0.717) is 17.0 Å². The molecule has 0 aromatic carbocycles. The summed E-state index contributed by atoms with van der Waals surface area (Å²) in [5.74, 6) is 0.0918. The molecular formula is C13H13N3O2. The van der Waals surface area contributed by atoms with Crippen LogP contribution in [0.25, 0.3) is 5.57 Å². The van der Waals surface area contributed by atoms with Gasteiger partial charge in [0.1, 0.15) is 6.33 Å². The van der Waals surface area contributed by atoms with E-state index in [9.17, 15) is 4.79 Å². The molecule has 0 aliphatic carbocycles. The SMILES string of the molecule is CN(C)/C=C(/C(=O)c1ccco1)c1ccncn1. The Morgan fingerprint density at radius 3 is 2.78 bits per heavy atom.